The van der Waals surface area contributed by atoms with E-state index >= 15 is 0 Å². The van der Waals surface area contributed by atoms with Gasteiger partial charge in [0.15, 0.2) is 5.03 Å². The van der Waals surface area contributed by atoms with E-state index in [2.05, 4.69) is 59.1 Å². The summed E-state index contributed by atoms with van der Waals surface area (Å²) in [6.45, 7) is 12.2. The molecule has 39 heavy (non-hydrogen) atoms. The highest BCUT2D eigenvalue weighted by Gasteiger charge is 2.41. The van der Waals surface area contributed by atoms with Gasteiger partial charge in [0.2, 0.25) is 0 Å². The fourth-order valence-electron chi connectivity index (χ4n) is 4.84. The largest absolute Gasteiger partial charge is 0.384 e. The van der Waals surface area contributed by atoms with Crippen LogP contribution in [0.25, 0.3) is 11.3 Å². The highest BCUT2D eigenvalue weighted by Crippen LogP contribution is 2.39. The minimum atomic E-state index is -4.25. The number of rotatable bonds is 8. The van der Waals surface area contributed by atoms with Gasteiger partial charge in [0.05, 0.1) is 11.3 Å². The molecule has 0 aliphatic carbocycles. The van der Waals surface area contributed by atoms with Crippen LogP contribution in [0.1, 0.15) is 51.4 Å². The Morgan fingerprint density at radius 3 is 2.59 bits per heavy atom. The Morgan fingerprint density at radius 1 is 1.21 bits per heavy atom. The smallest absolute Gasteiger partial charge is 0.281 e. The molecule has 0 bridgehead atoms. The fraction of sp³-hybridized carbons (Fsp3) is 0.429. The molecule has 1 unspecified atom stereocenters. The first-order valence-corrected chi connectivity index (χ1v) is 14.5. The summed E-state index contributed by atoms with van der Waals surface area (Å²) < 4.78 is 28.1. The quantitative estimate of drug-likeness (QED) is 0.427. The van der Waals surface area contributed by atoms with E-state index in [4.69, 9.17) is 10.7 Å². The van der Waals surface area contributed by atoms with Crippen LogP contribution in [0.4, 0.5) is 17.5 Å². The Balaban J connectivity index is 1.75. The van der Waals surface area contributed by atoms with Crippen molar-refractivity contribution in [2.24, 2.45) is 11.8 Å². The van der Waals surface area contributed by atoms with Gasteiger partial charge in [-0.25, -0.2) is 19.7 Å². The molecule has 4 rings (SSSR count). The third-order valence-corrected chi connectivity index (χ3v) is 8.61. The van der Waals surface area contributed by atoms with Crippen LogP contribution in [0, 0.1) is 11.8 Å². The summed E-state index contributed by atoms with van der Waals surface area (Å²) in [5.74, 6) is 1.33. The van der Waals surface area contributed by atoms with Gasteiger partial charge in [-0.2, -0.15) is 8.42 Å². The van der Waals surface area contributed by atoms with Gasteiger partial charge in [0.25, 0.3) is 15.9 Å². The Labute approximate surface area is 230 Å². The Bertz CT molecular complexity index is 1470. The molecule has 1 fully saturated rings. The highest BCUT2D eigenvalue weighted by molar-refractivity contribution is 7.90. The molecular weight excluding hydrogens is 514 g/mol. The maximum absolute atomic E-state index is 13.4. The predicted octanol–water partition coefficient (Wildman–Crippen LogP) is 3.96. The van der Waals surface area contributed by atoms with Crippen LogP contribution in [0.5, 0.6) is 0 Å². The monoisotopic (exact) mass is 551 g/mol. The van der Waals surface area contributed by atoms with Crippen LogP contribution in [0.15, 0.2) is 53.7 Å². The predicted molar refractivity (Wildman–Crippen MR) is 154 cm³/mol. The average molecular weight is 552 g/mol. The molecule has 3 aromatic heterocycles. The Kier molecular flexibility index (Phi) is 7.83. The first kappa shape index (κ1) is 28.3. The van der Waals surface area contributed by atoms with E-state index in [0.29, 0.717) is 29.9 Å². The van der Waals surface area contributed by atoms with Gasteiger partial charge >= 0.3 is 0 Å². The summed E-state index contributed by atoms with van der Waals surface area (Å²) in [5, 5.41) is -0.327. The molecule has 1 atom stereocenters. The Morgan fingerprint density at radius 2 is 1.95 bits per heavy atom. The van der Waals surface area contributed by atoms with Crippen LogP contribution in [-0.2, 0) is 10.0 Å². The number of anilines is 3. The normalized spacial score (nSPS) is 16.9. The number of nitrogens with zero attached hydrogens (tertiary/aromatic N) is 5. The van der Waals surface area contributed by atoms with Crippen molar-refractivity contribution in [2.45, 2.75) is 51.6 Å². The second-order valence-corrected chi connectivity index (χ2v) is 12.7. The van der Waals surface area contributed by atoms with Gasteiger partial charge in [-0.05, 0) is 68.5 Å². The third kappa shape index (κ3) is 5.98. The van der Waals surface area contributed by atoms with E-state index in [0.717, 1.165) is 24.3 Å². The van der Waals surface area contributed by atoms with Crippen LogP contribution in [0.3, 0.4) is 0 Å². The molecular formula is C28H37N7O3S. The summed E-state index contributed by atoms with van der Waals surface area (Å²) in [4.78, 5) is 31.0. The Hall–Kier alpha value is -3.73. The number of hydrogen-bond donors (Lipinski definition) is 2. The van der Waals surface area contributed by atoms with E-state index in [1.807, 2.05) is 19.2 Å². The summed E-state index contributed by atoms with van der Waals surface area (Å²) in [6.07, 6.45) is 2.67. The van der Waals surface area contributed by atoms with Gasteiger partial charge < -0.3 is 15.5 Å². The molecule has 3 N–H and O–H groups in total. The fourth-order valence-corrected chi connectivity index (χ4v) is 5.78. The lowest BCUT2D eigenvalue weighted by molar-refractivity contribution is 0.0981. The number of hydrogen-bond acceptors (Lipinski definition) is 9. The second-order valence-electron chi connectivity index (χ2n) is 11.1. The van der Waals surface area contributed by atoms with Crippen LogP contribution in [-0.4, -0.2) is 55.0 Å². The van der Waals surface area contributed by atoms with Crippen molar-refractivity contribution < 1.29 is 13.2 Å². The number of aromatic nitrogens is 3. The van der Waals surface area contributed by atoms with Crippen molar-refractivity contribution in [3.63, 3.8) is 0 Å². The van der Waals surface area contributed by atoms with Gasteiger partial charge in [-0.1, -0.05) is 26.8 Å². The minimum absolute atomic E-state index is 0.0422. The molecule has 1 saturated heterocycles. The van der Waals surface area contributed by atoms with Crippen molar-refractivity contribution >= 4 is 33.4 Å². The molecule has 0 radical (unpaired) electrons. The molecule has 0 spiro atoms. The van der Waals surface area contributed by atoms with E-state index in [9.17, 15) is 13.2 Å². The number of pyridine rings is 3. The zero-order chi connectivity index (χ0) is 28.5. The molecule has 0 saturated carbocycles. The molecule has 10 nitrogen and oxygen atoms in total. The third-order valence-electron chi connectivity index (χ3n) is 7.38. The number of carbonyl (C=O) groups is 1. The summed E-state index contributed by atoms with van der Waals surface area (Å²) in [6, 6.07) is 11.5. The molecule has 11 heteroatoms. The lowest BCUT2D eigenvalue weighted by atomic mass is 9.90. The standard InChI is InChI=1S/C28H37N7O3S/c1-18(2)17-34(6)24-16-20(12-14-30-24)22-11-10-21(26(31-22)35-15-13-19(3)28(35,4)5)27(36)33-39(37,38)25-9-7-8-23(29)32-25/h7-12,14,16,18-19H,13,15,17H2,1-6H3,(H2,29,32)(H,33,36). The number of sulfonamides is 1. The highest BCUT2D eigenvalue weighted by atomic mass is 32.2. The van der Waals surface area contributed by atoms with Gasteiger partial charge in [0, 0.05) is 37.4 Å². The minimum Gasteiger partial charge on any atom is -0.384 e. The number of nitrogens with two attached hydrogens (primary N) is 1. The number of nitrogen functional groups attached to an aromatic ring is 1. The first-order valence-electron chi connectivity index (χ1n) is 13.1. The molecule has 0 aromatic carbocycles. The SMILES string of the molecule is CC(C)CN(C)c1cc(-c2ccc(C(=O)NS(=O)(=O)c3cccc(N)n3)c(N3CCC(C)C3(C)C)n2)ccn1. The van der Waals surface area contributed by atoms with E-state index < -0.39 is 15.9 Å². The van der Waals surface area contributed by atoms with E-state index in [1.165, 1.54) is 18.2 Å². The number of nitrogens with one attached hydrogen (secondary N) is 1. The zero-order valence-corrected chi connectivity index (χ0v) is 24.2. The van der Waals surface area contributed by atoms with Crippen molar-refractivity contribution in [3.8, 4) is 11.3 Å². The maximum atomic E-state index is 13.4. The molecule has 3 aromatic rings. The number of carbonyl (C=O) groups excluding carboxylic acids is 1. The molecule has 4 heterocycles. The van der Waals surface area contributed by atoms with E-state index in [-0.39, 0.29) is 21.9 Å². The number of amides is 1. The first-order chi connectivity index (χ1) is 18.3. The van der Waals surface area contributed by atoms with Crippen molar-refractivity contribution in [1.82, 2.24) is 19.7 Å². The molecule has 1 aliphatic heterocycles. The summed E-state index contributed by atoms with van der Waals surface area (Å²) in [5.41, 5.74) is 7.05. The van der Waals surface area contributed by atoms with Crippen molar-refractivity contribution in [3.05, 3.63) is 54.2 Å². The van der Waals surface area contributed by atoms with Gasteiger partial charge in [-0.15, -0.1) is 0 Å². The maximum Gasteiger partial charge on any atom is 0.281 e. The lowest BCUT2D eigenvalue weighted by Crippen LogP contribution is -2.43. The topological polar surface area (TPSA) is 134 Å². The molecule has 1 amide bonds. The zero-order valence-electron chi connectivity index (χ0n) is 23.3. The van der Waals surface area contributed by atoms with Crippen LogP contribution < -0.4 is 20.3 Å². The van der Waals surface area contributed by atoms with Crippen LogP contribution >= 0.6 is 0 Å². The second kappa shape index (κ2) is 10.8. The molecule has 208 valence electrons. The van der Waals surface area contributed by atoms with Crippen molar-refractivity contribution in [1.29, 1.82) is 0 Å². The molecule has 1 aliphatic rings. The van der Waals surface area contributed by atoms with Gasteiger partial charge in [-0.3, -0.25) is 4.79 Å². The van der Waals surface area contributed by atoms with Crippen LogP contribution in [0.2, 0.25) is 0 Å². The van der Waals surface area contributed by atoms with E-state index in [1.54, 1.807) is 18.3 Å². The average Bonchev–Trinajstić information content (AvgIpc) is 3.14. The van der Waals surface area contributed by atoms with Gasteiger partial charge in [0.1, 0.15) is 17.5 Å². The summed E-state index contributed by atoms with van der Waals surface area (Å²) >= 11 is 0. The lowest BCUT2D eigenvalue weighted by Gasteiger charge is -2.36. The van der Waals surface area contributed by atoms with Crippen molar-refractivity contribution in [2.75, 3.05) is 35.7 Å². The summed E-state index contributed by atoms with van der Waals surface area (Å²) in [7, 11) is -2.25.